The Bertz CT molecular complexity index is 553. The van der Waals surface area contributed by atoms with Gasteiger partial charge >= 0.3 is 0 Å². The average Bonchev–Trinajstić information content (AvgIpc) is 2.51. The number of likely N-dealkylation sites (tertiary alicyclic amines) is 1. The Labute approximate surface area is 159 Å². The lowest BCUT2D eigenvalue weighted by molar-refractivity contribution is 0.0955. The number of nitrogens with zero attached hydrogens (tertiary/aromatic N) is 2. The highest BCUT2D eigenvalue weighted by Crippen LogP contribution is 2.15. The molecular formula is C16H24ClIN4O. The molecule has 1 fully saturated rings. The van der Waals surface area contributed by atoms with Crippen LogP contribution in [0.5, 0.6) is 0 Å². The first-order valence-electron chi connectivity index (χ1n) is 7.65. The smallest absolute Gasteiger partial charge is 0.252 e. The second kappa shape index (κ2) is 9.97. The summed E-state index contributed by atoms with van der Waals surface area (Å²) in [7, 11) is 0. The highest BCUT2D eigenvalue weighted by molar-refractivity contribution is 14.0. The lowest BCUT2D eigenvalue weighted by Crippen LogP contribution is -2.43. The molecule has 0 saturated carbocycles. The first kappa shape index (κ1) is 20.0. The number of hydrogen-bond acceptors (Lipinski definition) is 2. The van der Waals surface area contributed by atoms with E-state index < -0.39 is 0 Å². The van der Waals surface area contributed by atoms with E-state index in [0.29, 0.717) is 35.6 Å². The molecule has 1 aliphatic rings. The van der Waals surface area contributed by atoms with Gasteiger partial charge in [-0.25, -0.2) is 0 Å². The van der Waals surface area contributed by atoms with E-state index >= 15 is 0 Å². The summed E-state index contributed by atoms with van der Waals surface area (Å²) >= 11 is 5.98. The van der Waals surface area contributed by atoms with E-state index in [0.717, 1.165) is 19.5 Å². The molecule has 1 aliphatic heterocycles. The fourth-order valence-corrected chi connectivity index (χ4v) is 2.80. The molecule has 0 bridgehead atoms. The molecule has 3 N–H and O–H groups in total. The second-order valence-electron chi connectivity index (χ2n) is 5.67. The number of aliphatic imine (C=N–C) groups is 1. The number of piperidine rings is 1. The van der Waals surface area contributed by atoms with Crippen LogP contribution in [-0.4, -0.2) is 42.9 Å². The molecule has 2 rings (SSSR count). The molecular weight excluding hydrogens is 427 g/mol. The van der Waals surface area contributed by atoms with E-state index in [1.165, 1.54) is 6.42 Å². The number of carbonyl (C=O) groups excluding carboxylic acids is 1. The van der Waals surface area contributed by atoms with Crippen molar-refractivity contribution in [3.63, 3.8) is 0 Å². The third-order valence-corrected chi connectivity index (χ3v) is 4.10. The Hall–Kier alpha value is -1.02. The molecule has 7 heteroatoms. The summed E-state index contributed by atoms with van der Waals surface area (Å²) in [5.74, 6) is 1.03. The summed E-state index contributed by atoms with van der Waals surface area (Å²) in [6.45, 7) is 5.05. The standard InChI is InChI=1S/C16H23ClN4O.HI/c1-12-5-4-10-21(11-12)16(18)20-9-8-19-15(22)13-6-2-3-7-14(13)17;/h2-3,6-7,12H,4-5,8-11H2,1H3,(H2,18,20)(H,19,22);1H. The predicted octanol–water partition coefficient (Wildman–Crippen LogP) is 2.73. The summed E-state index contributed by atoms with van der Waals surface area (Å²) in [6, 6.07) is 6.98. The lowest BCUT2D eigenvalue weighted by atomic mass is 10.0. The van der Waals surface area contributed by atoms with Crippen molar-refractivity contribution >= 4 is 47.4 Å². The molecule has 128 valence electrons. The number of halogens is 2. The molecule has 0 spiro atoms. The highest BCUT2D eigenvalue weighted by Gasteiger charge is 2.17. The van der Waals surface area contributed by atoms with Gasteiger partial charge in [-0.3, -0.25) is 9.79 Å². The molecule has 1 heterocycles. The van der Waals surface area contributed by atoms with Gasteiger partial charge in [0.05, 0.1) is 17.1 Å². The Morgan fingerprint density at radius 2 is 2.22 bits per heavy atom. The molecule has 1 amide bonds. The summed E-state index contributed by atoms with van der Waals surface area (Å²) in [6.07, 6.45) is 2.40. The third kappa shape index (κ3) is 6.18. The summed E-state index contributed by atoms with van der Waals surface area (Å²) in [5.41, 5.74) is 6.48. The number of rotatable bonds is 4. The Morgan fingerprint density at radius 3 is 2.91 bits per heavy atom. The van der Waals surface area contributed by atoms with Crippen LogP contribution in [0.1, 0.15) is 30.1 Å². The first-order chi connectivity index (χ1) is 10.6. The van der Waals surface area contributed by atoms with Gasteiger partial charge in [-0.1, -0.05) is 30.7 Å². The van der Waals surface area contributed by atoms with Gasteiger partial charge in [-0.05, 0) is 30.9 Å². The van der Waals surface area contributed by atoms with E-state index in [-0.39, 0.29) is 29.9 Å². The Balaban J connectivity index is 0.00000264. The fourth-order valence-electron chi connectivity index (χ4n) is 2.58. The van der Waals surface area contributed by atoms with Crippen molar-refractivity contribution in [3.05, 3.63) is 34.9 Å². The average molecular weight is 451 g/mol. The number of nitrogens with two attached hydrogens (primary N) is 1. The molecule has 1 unspecified atom stereocenters. The van der Waals surface area contributed by atoms with Gasteiger partial charge < -0.3 is 16.0 Å². The molecule has 1 atom stereocenters. The van der Waals surface area contributed by atoms with E-state index in [4.69, 9.17) is 17.3 Å². The van der Waals surface area contributed by atoms with E-state index in [2.05, 4.69) is 22.1 Å². The number of hydrogen-bond donors (Lipinski definition) is 2. The molecule has 0 aromatic heterocycles. The van der Waals surface area contributed by atoms with Gasteiger partial charge in [-0.2, -0.15) is 0 Å². The van der Waals surface area contributed by atoms with Crippen molar-refractivity contribution in [2.24, 2.45) is 16.6 Å². The summed E-state index contributed by atoms with van der Waals surface area (Å²) in [4.78, 5) is 18.4. The van der Waals surface area contributed by atoms with Crippen LogP contribution < -0.4 is 11.1 Å². The minimum Gasteiger partial charge on any atom is -0.370 e. The van der Waals surface area contributed by atoms with Crippen molar-refractivity contribution in [3.8, 4) is 0 Å². The number of nitrogens with one attached hydrogen (secondary N) is 1. The SMILES string of the molecule is CC1CCCN(C(N)=NCCNC(=O)c2ccccc2Cl)C1.I. The zero-order valence-corrected chi connectivity index (χ0v) is 16.4. The summed E-state index contributed by atoms with van der Waals surface area (Å²) in [5, 5.41) is 3.25. The van der Waals surface area contributed by atoms with Crippen molar-refractivity contribution < 1.29 is 4.79 Å². The minimum absolute atomic E-state index is 0. The Kier molecular flexibility index (Phi) is 8.68. The van der Waals surface area contributed by atoms with Gasteiger partial charge in [0.2, 0.25) is 0 Å². The first-order valence-corrected chi connectivity index (χ1v) is 8.03. The highest BCUT2D eigenvalue weighted by atomic mass is 127. The van der Waals surface area contributed by atoms with Gasteiger partial charge in [0.15, 0.2) is 5.96 Å². The Morgan fingerprint density at radius 1 is 1.48 bits per heavy atom. The van der Waals surface area contributed by atoms with Crippen LogP contribution in [0, 0.1) is 5.92 Å². The number of carbonyl (C=O) groups is 1. The summed E-state index contributed by atoms with van der Waals surface area (Å²) < 4.78 is 0. The van der Waals surface area contributed by atoms with Crippen LogP contribution in [0.2, 0.25) is 5.02 Å². The second-order valence-corrected chi connectivity index (χ2v) is 6.08. The number of guanidine groups is 1. The van der Waals surface area contributed by atoms with E-state index in [1.807, 2.05) is 0 Å². The van der Waals surface area contributed by atoms with Crippen molar-refractivity contribution in [2.75, 3.05) is 26.2 Å². The maximum atomic E-state index is 12.0. The molecule has 1 aromatic rings. The van der Waals surface area contributed by atoms with Crippen LogP contribution in [0.3, 0.4) is 0 Å². The largest absolute Gasteiger partial charge is 0.370 e. The monoisotopic (exact) mass is 450 g/mol. The predicted molar refractivity (Wildman–Crippen MR) is 106 cm³/mol. The van der Waals surface area contributed by atoms with Crippen LogP contribution in [-0.2, 0) is 0 Å². The topological polar surface area (TPSA) is 70.7 Å². The van der Waals surface area contributed by atoms with Gasteiger partial charge in [0, 0.05) is 19.6 Å². The van der Waals surface area contributed by atoms with Crippen LogP contribution in [0.4, 0.5) is 0 Å². The van der Waals surface area contributed by atoms with Crippen molar-refractivity contribution in [1.29, 1.82) is 0 Å². The van der Waals surface area contributed by atoms with E-state index in [1.54, 1.807) is 24.3 Å². The van der Waals surface area contributed by atoms with Crippen LogP contribution in [0.15, 0.2) is 29.3 Å². The zero-order chi connectivity index (χ0) is 15.9. The van der Waals surface area contributed by atoms with E-state index in [9.17, 15) is 4.79 Å². The molecule has 23 heavy (non-hydrogen) atoms. The zero-order valence-electron chi connectivity index (χ0n) is 13.3. The maximum absolute atomic E-state index is 12.0. The molecule has 0 aliphatic carbocycles. The van der Waals surface area contributed by atoms with Crippen LogP contribution in [0.25, 0.3) is 0 Å². The third-order valence-electron chi connectivity index (χ3n) is 3.77. The fraction of sp³-hybridized carbons (Fsp3) is 0.500. The number of amides is 1. The molecule has 5 nitrogen and oxygen atoms in total. The van der Waals surface area contributed by atoms with Gasteiger partial charge in [-0.15, -0.1) is 24.0 Å². The van der Waals surface area contributed by atoms with Crippen molar-refractivity contribution in [1.82, 2.24) is 10.2 Å². The molecule has 0 radical (unpaired) electrons. The van der Waals surface area contributed by atoms with Crippen LogP contribution >= 0.6 is 35.6 Å². The number of benzene rings is 1. The maximum Gasteiger partial charge on any atom is 0.252 e. The van der Waals surface area contributed by atoms with Gasteiger partial charge in [0.1, 0.15) is 0 Å². The normalized spacial score (nSPS) is 18.3. The quantitative estimate of drug-likeness (QED) is 0.321. The van der Waals surface area contributed by atoms with Gasteiger partial charge in [0.25, 0.3) is 5.91 Å². The van der Waals surface area contributed by atoms with Crippen molar-refractivity contribution in [2.45, 2.75) is 19.8 Å². The molecule has 1 saturated heterocycles. The molecule has 1 aromatic carbocycles. The lowest BCUT2D eigenvalue weighted by Gasteiger charge is -2.31. The minimum atomic E-state index is -0.189.